The lowest BCUT2D eigenvalue weighted by Gasteiger charge is -2.42. The number of halogens is 2. The third-order valence-corrected chi connectivity index (χ3v) is 7.42. The monoisotopic (exact) mass is 559 g/mol. The molecule has 0 bridgehead atoms. The van der Waals surface area contributed by atoms with Gasteiger partial charge in [-0.2, -0.15) is 10.4 Å². The first kappa shape index (κ1) is 23.6. The van der Waals surface area contributed by atoms with Gasteiger partial charge in [0.2, 0.25) is 0 Å². The molecule has 1 unspecified atom stereocenters. The maximum Gasteiger partial charge on any atom is 0.255 e. The largest absolute Gasteiger partial charge is 0.313 e. The molecule has 33 heavy (non-hydrogen) atoms. The number of carbonyl (C=O) groups is 1. The summed E-state index contributed by atoms with van der Waals surface area (Å²) >= 11 is 2.25. The molecular weight excluding hydrogens is 532 g/mol. The molecular formula is C25H27FIN5O. The molecule has 3 atom stereocenters. The predicted octanol–water partition coefficient (Wildman–Crippen LogP) is 4.68. The minimum atomic E-state index is -1.05. The topological polar surface area (TPSA) is 71.7 Å². The van der Waals surface area contributed by atoms with Crippen molar-refractivity contribution in [3.05, 3.63) is 57.4 Å². The van der Waals surface area contributed by atoms with Crippen LogP contribution in [0.1, 0.15) is 39.2 Å². The van der Waals surface area contributed by atoms with Crippen molar-refractivity contribution in [2.45, 2.75) is 45.2 Å². The maximum absolute atomic E-state index is 14.3. The van der Waals surface area contributed by atoms with Crippen LogP contribution >= 0.6 is 22.6 Å². The van der Waals surface area contributed by atoms with Gasteiger partial charge in [0.25, 0.3) is 5.91 Å². The smallest absolute Gasteiger partial charge is 0.255 e. The Labute approximate surface area is 207 Å². The predicted molar refractivity (Wildman–Crippen MR) is 137 cm³/mol. The molecule has 4 rings (SSSR count). The van der Waals surface area contributed by atoms with Crippen LogP contribution in [-0.2, 0) is 4.79 Å². The number of rotatable bonds is 5. The number of anilines is 2. The van der Waals surface area contributed by atoms with E-state index in [4.69, 9.17) is 5.10 Å². The van der Waals surface area contributed by atoms with Gasteiger partial charge >= 0.3 is 0 Å². The summed E-state index contributed by atoms with van der Waals surface area (Å²) in [6.45, 7) is 7.24. The Morgan fingerprint density at radius 2 is 2.09 bits per heavy atom. The van der Waals surface area contributed by atoms with Gasteiger partial charge in [0.05, 0.1) is 11.3 Å². The van der Waals surface area contributed by atoms with Crippen molar-refractivity contribution in [3.8, 4) is 6.07 Å². The van der Waals surface area contributed by atoms with E-state index in [2.05, 4.69) is 27.9 Å². The van der Waals surface area contributed by atoms with Gasteiger partial charge in [0.15, 0.2) is 0 Å². The van der Waals surface area contributed by atoms with Gasteiger partial charge in [0.1, 0.15) is 17.4 Å². The van der Waals surface area contributed by atoms with E-state index in [1.54, 1.807) is 16.0 Å². The summed E-state index contributed by atoms with van der Waals surface area (Å²) in [5.74, 6) is -0.827. The lowest BCUT2D eigenvalue weighted by atomic mass is 9.76. The number of nitrogens with zero attached hydrogens (tertiary/aromatic N) is 4. The zero-order chi connectivity index (χ0) is 23.8. The van der Waals surface area contributed by atoms with Crippen molar-refractivity contribution in [1.29, 1.82) is 5.26 Å². The van der Waals surface area contributed by atoms with Crippen LogP contribution < -0.4 is 15.2 Å². The Morgan fingerprint density at radius 3 is 2.70 bits per heavy atom. The Kier molecular flexibility index (Phi) is 6.73. The van der Waals surface area contributed by atoms with E-state index in [1.807, 2.05) is 51.1 Å². The molecule has 0 radical (unpaired) electrons. The highest BCUT2D eigenvalue weighted by molar-refractivity contribution is 14.1. The van der Waals surface area contributed by atoms with Gasteiger partial charge in [0, 0.05) is 33.5 Å². The highest BCUT2D eigenvalue weighted by Crippen LogP contribution is 2.43. The molecule has 2 aromatic carbocycles. The lowest BCUT2D eigenvalue weighted by Crippen LogP contribution is -2.62. The number of nitriles is 1. The number of amides is 1. The summed E-state index contributed by atoms with van der Waals surface area (Å²) in [4.78, 5) is 16.1. The normalized spacial score (nSPS) is 24.5. The van der Waals surface area contributed by atoms with E-state index >= 15 is 0 Å². The molecule has 1 fully saturated rings. The number of carbonyl (C=O) groups excluding carboxylic acids is 1. The molecule has 2 aliphatic heterocycles. The number of likely N-dealkylation sites (N-methyl/N-ethyl adjacent to an activating group) is 1. The van der Waals surface area contributed by atoms with Gasteiger partial charge in [-0.3, -0.25) is 4.79 Å². The number of nitrogens with one attached hydrogen (secondary N) is 1. The van der Waals surface area contributed by atoms with Crippen LogP contribution in [0.4, 0.5) is 15.8 Å². The highest BCUT2D eigenvalue weighted by Gasteiger charge is 2.57. The molecule has 172 valence electrons. The molecule has 0 aliphatic carbocycles. The molecule has 0 spiro atoms. The fourth-order valence-electron chi connectivity index (χ4n) is 5.16. The number of hydrogen-bond acceptors (Lipinski definition) is 5. The van der Waals surface area contributed by atoms with E-state index < -0.39 is 11.4 Å². The summed E-state index contributed by atoms with van der Waals surface area (Å²) in [6, 6.07) is 14.2. The van der Waals surface area contributed by atoms with Crippen LogP contribution in [0.2, 0.25) is 0 Å². The fourth-order valence-corrected chi connectivity index (χ4v) is 5.52. The van der Waals surface area contributed by atoms with Crippen LogP contribution in [0.5, 0.6) is 0 Å². The van der Waals surface area contributed by atoms with Crippen molar-refractivity contribution >= 4 is 45.6 Å². The average molecular weight is 559 g/mol. The fraction of sp³-hybridized carbons (Fsp3) is 0.400. The second-order valence-corrected chi connectivity index (χ2v) is 9.93. The Balaban J connectivity index is 1.83. The molecule has 6 nitrogen and oxygen atoms in total. The second-order valence-electron chi connectivity index (χ2n) is 8.68. The lowest BCUT2D eigenvalue weighted by molar-refractivity contribution is -0.124. The van der Waals surface area contributed by atoms with E-state index in [1.165, 1.54) is 12.1 Å². The zero-order valence-corrected chi connectivity index (χ0v) is 21.1. The molecule has 1 saturated heterocycles. The summed E-state index contributed by atoms with van der Waals surface area (Å²) < 4.78 is 15.2. The van der Waals surface area contributed by atoms with Gasteiger partial charge in [-0.25, -0.2) is 9.40 Å². The van der Waals surface area contributed by atoms with Gasteiger partial charge in [-0.15, -0.1) is 0 Å². The first-order chi connectivity index (χ1) is 15.8. The third-order valence-electron chi connectivity index (χ3n) is 6.70. The number of benzene rings is 2. The summed E-state index contributed by atoms with van der Waals surface area (Å²) in [6.07, 6.45) is 2.00. The Morgan fingerprint density at radius 1 is 1.36 bits per heavy atom. The summed E-state index contributed by atoms with van der Waals surface area (Å²) in [5.41, 5.74) is 1.09. The van der Waals surface area contributed by atoms with Crippen LogP contribution in [-0.4, -0.2) is 36.3 Å². The molecule has 2 aliphatic rings. The molecule has 2 aromatic rings. The summed E-state index contributed by atoms with van der Waals surface area (Å²) in [7, 11) is 0. The minimum absolute atomic E-state index is 0.0671. The van der Waals surface area contributed by atoms with Crippen molar-refractivity contribution < 1.29 is 9.18 Å². The average Bonchev–Trinajstić information content (AvgIpc) is 3.42. The number of hydrazone groups is 1. The third kappa shape index (κ3) is 4.13. The zero-order valence-electron chi connectivity index (χ0n) is 19.0. The van der Waals surface area contributed by atoms with Crippen molar-refractivity contribution in [1.82, 2.24) is 5.32 Å². The first-order valence-electron chi connectivity index (χ1n) is 11.2. The van der Waals surface area contributed by atoms with E-state index in [0.717, 1.165) is 34.4 Å². The van der Waals surface area contributed by atoms with Crippen LogP contribution in [0.25, 0.3) is 0 Å². The number of hydrogen-bond donors (Lipinski definition) is 1. The van der Waals surface area contributed by atoms with Gasteiger partial charge in [-0.05, 0) is 105 Å². The second kappa shape index (κ2) is 9.39. The van der Waals surface area contributed by atoms with E-state index in [9.17, 15) is 14.4 Å². The molecule has 0 saturated carbocycles. The van der Waals surface area contributed by atoms with E-state index in [-0.39, 0.29) is 23.4 Å². The van der Waals surface area contributed by atoms with Crippen LogP contribution in [0.15, 0.2) is 47.6 Å². The molecule has 0 aromatic heterocycles. The van der Waals surface area contributed by atoms with Crippen LogP contribution in [0, 0.1) is 26.6 Å². The Bertz CT molecular complexity index is 1120. The quantitative estimate of drug-likeness (QED) is 0.541. The summed E-state index contributed by atoms with van der Waals surface area (Å²) in [5, 5.41) is 19.4. The SMILES string of the molecule is CCN(C(=O)[C@@]1(C)[C@@H](C2CCCN2)C(C)=NN1c1ccc(F)c(C#N)c1)c1ccc(I)cc1. The minimum Gasteiger partial charge on any atom is -0.313 e. The van der Waals surface area contributed by atoms with Gasteiger partial charge < -0.3 is 10.2 Å². The molecule has 1 N–H and O–H groups in total. The van der Waals surface area contributed by atoms with Crippen molar-refractivity contribution in [3.63, 3.8) is 0 Å². The Hall–Kier alpha value is -2.51. The molecule has 8 heteroatoms. The van der Waals surface area contributed by atoms with E-state index in [0.29, 0.717) is 12.2 Å². The van der Waals surface area contributed by atoms with Crippen molar-refractivity contribution in [2.24, 2.45) is 11.0 Å². The van der Waals surface area contributed by atoms with Gasteiger partial charge in [-0.1, -0.05) is 0 Å². The molecule has 1 amide bonds. The maximum atomic E-state index is 14.3. The van der Waals surface area contributed by atoms with Crippen LogP contribution in [0.3, 0.4) is 0 Å². The standard InChI is InChI=1S/C25H27FIN5O/c1-4-31(19-9-7-18(27)8-10-19)24(33)25(3)23(22-6-5-13-29-22)16(2)30-32(25)20-11-12-21(26)17(14-20)15-28/h7-12,14,22-23,29H,4-6,13H2,1-3H3/t22?,23-,25-/m1/s1. The molecule has 2 heterocycles. The first-order valence-corrected chi connectivity index (χ1v) is 12.2. The highest BCUT2D eigenvalue weighted by atomic mass is 127. The van der Waals surface area contributed by atoms with Crippen molar-refractivity contribution in [2.75, 3.05) is 23.0 Å².